The van der Waals surface area contributed by atoms with Crippen molar-refractivity contribution in [1.82, 2.24) is 0 Å². The summed E-state index contributed by atoms with van der Waals surface area (Å²) in [4.78, 5) is 0. The lowest BCUT2D eigenvalue weighted by atomic mass is 9.88. The molecule has 0 radical (unpaired) electrons. The van der Waals surface area contributed by atoms with Gasteiger partial charge in [-0.15, -0.1) is 0 Å². The summed E-state index contributed by atoms with van der Waals surface area (Å²) in [6, 6.07) is 4.97. The topological polar surface area (TPSA) is 35.9 Å². The lowest BCUT2D eigenvalue weighted by Crippen LogP contribution is -2.12. The van der Waals surface area contributed by atoms with Gasteiger partial charge in [0.15, 0.2) is 0 Å². The molecule has 104 valence electrons. The van der Waals surface area contributed by atoms with Gasteiger partial charge in [-0.1, -0.05) is 26.8 Å². The van der Waals surface area contributed by atoms with Crippen molar-refractivity contribution in [3.05, 3.63) is 41.6 Å². The van der Waals surface area contributed by atoms with Crippen LogP contribution in [0.2, 0.25) is 0 Å². The molecule has 0 bridgehead atoms. The number of halogens is 3. The van der Waals surface area contributed by atoms with Crippen molar-refractivity contribution in [2.45, 2.75) is 26.9 Å². The Morgan fingerprint density at radius 2 is 1.84 bits per heavy atom. The Balaban J connectivity index is 2.95. The molecular formula is C14H17F3N2. The standard InChI is InChI=1S/C14H17F3N2/c1-13(2,3)11(8-18)9-19-12-6-4-5-10(7-12)14(15,16)17/h4-9,18-19H,1-3H3/b11-9+,18-8?. The van der Waals surface area contributed by atoms with Crippen LogP contribution in [0.15, 0.2) is 36.0 Å². The molecule has 1 aromatic rings. The Hall–Kier alpha value is -1.78. The summed E-state index contributed by atoms with van der Waals surface area (Å²) in [5, 5.41) is 10.1. The molecule has 0 aliphatic heterocycles. The summed E-state index contributed by atoms with van der Waals surface area (Å²) in [5.74, 6) is 0. The van der Waals surface area contributed by atoms with Gasteiger partial charge in [0.25, 0.3) is 0 Å². The van der Waals surface area contributed by atoms with E-state index in [1.54, 1.807) is 12.3 Å². The van der Waals surface area contributed by atoms with Gasteiger partial charge in [0.05, 0.1) is 5.56 Å². The summed E-state index contributed by atoms with van der Waals surface area (Å²) in [5.41, 5.74) is 0.109. The molecule has 0 amide bonds. The number of alkyl halides is 3. The van der Waals surface area contributed by atoms with E-state index >= 15 is 0 Å². The molecule has 0 saturated carbocycles. The van der Waals surface area contributed by atoms with E-state index < -0.39 is 11.7 Å². The maximum absolute atomic E-state index is 12.5. The third-order valence-corrected chi connectivity index (χ3v) is 2.61. The number of hydrogen-bond acceptors (Lipinski definition) is 2. The van der Waals surface area contributed by atoms with E-state index in [0.29, 0.717) is 11.3 Å². The number of allylic oxidation sites excluding steroid dienone is 1. The zero-order valence-electron chi connectivity index (χ0n) is 11.1. The van der Waals surface area contributed by atoms with Crippen LogP contribution in [0.3, 0.4) is 0 Å². The fraction of sp³-hybridized carbons (Fsp3) is 0.357. The van der Waals surface area contributed by atoms with E-state index in [4.69, 9.17) is 5.41 Å². The van der Waals surface area contributed by atoms with Crippen LogP contribution in [0.1, 0.15) is 26.3 Å². The van der Waals surface area contributed by atoms with Gasteiger partial charge in [0.1, 0.15) is 0 Å². The Labute approximate surface area is 110 Å². The number of hydrogen-bond donors (Lipinski definition) is 2. The van der Waals surface area contributed by atoms with Gasteiger partial charge >= 0.3 is 6.18 Å². The summed E-state index contributed by atoms with van der Waals surface area (Å²) in [6.07, 6.45) is -1.60. The molecule has 0 aliphatic carbocycles. The third kappa shape index (κ3) is 4.43. The molecule has 2 N–H and O–H groups in total. The van der Waals surface area contributed by atoms with Crippen molar-refractivity contribution in [2.75, 3.05) is 5.32 Å². The normalized spacial score (nSPS) is 13.3. The monoisotopic (exact) mass is 270 g/mol. The van der Waals surface area contributed by atoms with Crippen molar-refractivity contribution >= 4 is 11.9 Å². The highest BCUT2D eigenvalue weighted by Gasteiger charge is 2.30. The second-order valence-electron chi connectivity index (χ2n) is 5.22. The number of rotatable bonds is 3. The Bertz CT molecular complexity index is 482. The van der Waals surface area contributed by atoms with Gasteiger partial charge in [-0.2, -0.15) is 13.2 Å². The average molecular weight is 270 g/mol. The van der Waals surface area contributed by atoms with Gasteiger partial charge in [-0.05, 0) is 29.2 Å². The van der Waals surface area contributed by atoms with Crippen LogP contribution in [0.4, 0.5) is 18.9 Å². The first-order valence-corrected chi connectivity index (χ1v) is 5.79. The lowest BCUT2D eigenvalue weighted by Gasteiger charge is -2.19. The highest BCUT2D eigenvalue weighted by atomic mass is 19.4. The fourth-order valence-corrected chi connectivity index (χ4v) is 1.42. The van der Waals surface area contributed by atoms with Gasteiger partial charge < -0.3 is 10.7 Å². The molecule has 2 nitrogen and oxygen atoms in total. The third-order valence-electron chi connectivity index (χ3n) is 2.61. The van der Waals surface area contributed by atoms with E-state index in [-0.39, 0.29) is 5.41 Å². The maximum atomic E-state index is 12.5. The van der Waals surface area contributed by atoms with Crippen LogP contribution in [0, 0.1) is 10.8 Å². The lowest BCUT2D eigenvalue weighted by molar-refractivity contribution is -0.137. The zero-order chi connectivity index (χ0) is 14.7. The summed E-state index contributed by atoms with van der Waals surface area (Å²) in [6.45, 7) is 5.78. The molecule has 0 aliphatic rings. The molecular weight excluding hydrogens is 253 g/mol. The Kier molecular flexibility index (Phi) is 4.39. The molecule has 0 fully saturated rings. The molecule has 1 aromatic carbocycles. The molecule has 0 heterocycles. The average Bonchev–Trinajstić information content (AvgIpc) is 2.27. The molecule has 0 unspecified atom stereocenters. The van der Waals surface area contributed by atoms with Gasteiger partial charge in [0.2, 0.25) is 0 Å². The molecule has 19 heavy (non-hydrogen) atoms. The molecule has 5 heteroatoms. The maximum Gasteiger partial charge on any atom is 0.416 e. The van der Waals surface area contributed by atoms with Gasteiger partial charge in [-0.25, -0.2) is 0 Å². The smallest absolute Gasteiger partial charge is 0.361 e. The predicted octanol–water partition coefficient (Wildman–Crippen LogP) is 4.70. The molecule has 0 atom stereocenters. The second-order valence-corrected chi connectivity index (χ2v) is 5.22. The van der Waals surface area contributed by atoms with Crippen LogP contribution in [-0.4, -0.2) is 6.21 Å². The minimum Gasteiger partial charge on any atom is -0.361 e. The van der Waals surface area contributed by atoms with Crippen molar-refractivity contribution in [1.29, 1.82) is 5.41 Å². The first kappa shape index (κ1) is 15.3. The number of benzene rings is 1. The predicted molar refractivity (Wildman–Crippen MR) is 71.4 cm³/mol. The van der Waals surface area contributed by atoms with Crippen LogP contribution >= 0.6 is 0 Å². The first-order valence-electron chi connectivity index (χ1n) is 5.79. The fourth-order valence-electron chi connectivity index (χ4n) is 1.42. The van der Waals surface area contributed by atoms with Gasteiger partial charge in [-0.3, -0.25) is 0 Å². The van der Waals surface area contributed by atoms with Crippen LogP contribution < -0.4 is 5.32 Å². The van der Waals surface area contributed by atoms with E-state index in [9.17, 15) is 13.2 Å². The van der Waals surface area contributed by atoms with E-state index in [1.165, 1.54) is 12.3 Å². The number of anilines is 1. The highest BCUT2D eigenvalue weighted by Crippen LogP contribution is 2.31. The van der Waals surface area contributed by atoms with Crippen molar-refractivity contribution in [3.8, 4) is 0 Å². The zero-order valence-corrected chi connectivity index (χ0v) is 11.1. The molecule has 0 saturated heterocycles. The molecule has 1 rings (SSSR count). The minimum absolute atomic E-state index is 0.240. The Morgan fingerprint density at radius 3 is 2.32 bits per heavy atom. The van der Waals surface area contributed by atoms with Crippen molar-refractivity contribution in [3.63, 3.8) is 0 Å². The van der Waals surface area contributed by atoms with Crippen molar-refractivity contribution < 1.29 is 13.2 Å². The SMILES string of the molecule is CC(C)(C)/C(C=N)=C/Nc1cccc(C(F)(F)F)c1. The van der Waals surface area contributed by atoms with E-state index in [1.807, 2.05) is 20.8 Å². The van der Waals surface area contributed by atoms with Crippen LogP contribution in [0.5, 0.6) is 0 Å². The van der Waals surface area contributed by atoms with Crippen LogP contribution in [-0.2, 0) is 6.18 Å². The Morgan fingerprint density at radius 1 is 1.21 bits per heavy atom. The van der Waals surface area contributed by atoms with Crippen LogP contribution in [0.25, 0.3) is 0 Å². The first-order chi connectivity index (χ1) is 8.64. The largest absolute Gasteiger partial charge is 0.416 e. The van der Waals surface area contributed by atoms with Crippen molar-refractivity contribution in [2.24, 2.45) is 5.41 Å². The minimum atomic E-state index is -4.35. The summed E-state index contributed by atoms with van der Waals surface area (Å²) in [7, 11) is 0. The number of nitrogens with one attached hydrogen (secondary N) is 2. The second kappa shape index (κ2) is 5.47. The summed E-state index contributed by atoms with van der Waals surface area (Å²) >= 11 is 0. The molecule has 0 spiro atoms. The van der Waals surface area contributed by atoms with E-state index in [0.717, 1.165) is 12.1 Å². The quantitative estimate of drug-likeness (QED) is 0.767. The summed E-state index contributed by atoms with van der Waals surface area (Å²) < 4.78 is 37.6. The highest BCUT2D eigenvalue weighted by molar-refractivity contribution is 5.78. The van der Waals surface area contributed by atoms with E-state index in [2.05, 4.69) is 5.32 Å². The molecule has 0 aromatic heterocycles. The van der Waals surface area contributed by atoms with Gasteiger partial charge in [0, 0.05) is 18.1 Å².